The van der Waals surface area contributed by atoms with E-state index in [0.717, 1.165) is 22.3 Å². The molecule has 28 heavy (non-hydrogen) atoms. The summed E-state index contributed by atoms with van der Waals surface area (Å²) in [7, 11) is 0. The largest absolute Gasteiger partial charge is 0.476 e. The zero-order valence-electron chi connectivity index (χ0n) is 15.9. The molecule has 1 amide bonds. The van der Waals surface area contributed by atoms with Gasteiger partial charge in [-0.3, -0.25) is 4.79 Å². The minimum absolute atomic E-state index is 0.0663. The molecule has 2 aromatic carbocycles. The molecule has 4 rings (SSSR count). The second-order valence-electron chi connectivity index (χ2n) is 7.27. The number of nitrogens with zero attached hydrogens (tertiary/aromatic N) is 3. The van der Waals surface area contributed by atoms with Crippen molar-refractivity contribution in [3.63, 3.8) is 0 Å². The summed E-state index contributed by atoms with van der Waals surface area (Å²) in [5.41, 5.74) is 4.26. The molecule has 1 aliphatic rings. The van der Waals surface area contributed by atoms with Crippen LogP contribution in [0.2, 0.25) is 0 Å². The second-order valence-corrected chi connectivity index (χ2v) is 7.27. The maximum absolute atomic E-state index is 12.6. The number of carbonyl (C=O) groups excluding carboxylic acids is 1. The van der Waals surface area contributed by atoms with Crippen LogP contribution in [-0.2, 0) is 5.54 Å². The van der Waals surface area contributed by atoms with Crippen LogP contribution < -0.4 is 0 Å². The Morgan fingerprint density at radius 1 is 1.07 bits per heavy atom. The maximum atomic E-state index is 12.6. The normalized spacial score (nSPS) is 15.0. The molecule has 0 radical (unpaired) electrons. The van der Waals surface area contributed by atoms with Gasteiger partial charge in [0.1, 0.15) is 5.69 Å². The van der Waals surface area contributed by atoms with Gasteiger partial charge in [0.2, 0.25) is 0 Å². The molecule has 0 saturated heterocycles. The summed E-state index contributed by atoms with van der Waals surface area (Å²) >= 11 is 0. The predicted molar refractivity (Wildman–Crippen MR) is 104 cm³/mol. The second kappa shape index (κ2) is 6.30. The van der Waals surface area contributed by atoms with E-state index >= 15 is 0 Å². The molecular formula is C21H20N4O3. The molecule has 1 aliphatic heterocycles. The first-order chi connectivity index (χ1) is 13.3. The van der Waals surface area contributed by atoms with Crippen molar-refractivity contribution >= 4 is 11.9 Å². The third kappa shape index (κ3) is 2.58. The number of benzene rings is 2. The summed E-state index contributed by atoms with van der Waals surface area (Å²) < 4.78 is 0. The highest BCUT2D eigenvalue weighted by atomic mass is 16.4. The van der Waals surface area contributed by atoms with Gasteiger partial charge in [0.05, 0.1) is 5.54 Å². The fourth-order valence-corrected chi connectivity index (χ4v) is 3.90. The summed E-state index contributed by atoms with van der Waals surface area (Å²) in [6.45, 7) is 6.77. The molecule has 0 fully saturated rings. The van der Waals surface area contributed by atoms with E-state index in [1.165, 1.54) is 0 Å². The van der Waals surface area contributed by atoms with Crippen LogP contribution >= 0.6 is 0 Å². The molecule has 3 aromatic rings. The molecule has 0 aliphatic carbocycles. The van der Waals surface area contributed by atoms with Crippen LogP contribution in [-0.4, -0.2) is 43.8 Å². The summed E-state index contributed by atoms with van der Waals surface area (Å²) in [5, 5.41) is 19.2. The zero-order valence-corrected chi connectivity index (χ0v) is 15.9. The topological polar surface area (TPSA) is 99.2 Å². The Balaban J connectivity index is 1.71. The predicted octanol–water partition coefficient (Wildman–Crippen LogP) is 3.55. The molecule has 0 unspecified atom stereocenters. The number of aromatic amines is 1. The molecule has 1 aromatic heterocycles. The lowest BCUT2D eigenvalue weighted by atomic mass is 9.90. The van der Waals surface area contributed by atoms with Crippen LogP contribution in [0.15, 0.2) is 42.5 Å². The SMILES string of the molecule is CCN1C(=O)c2ccc(-c3ccc(-c4n[nH]nc4C(=O)O)cc3)cc2C1(C)C. The smallest absolute Gasteiger partial charge is 0.358 e. The van der Waals surface area contributed by atoms with Crippen LogP contribution in [0.1, 0.15) is 47.2 Å². The molecular weight excluding hydrogens is 356 g/mol. The summed E-state index contributed by atoms with van der Waals surface area (Å²) in [6, 6.07) is 13.4. The van der Waals surface area contributed by atoms with Crippen molar-refractivity contribution in [1.29, 1.82) is 0 Å². The Labute approximate surface area is 162 Å². The Morgan fingerprint density at radius 2 is 1.71 bits per heavy atom. The summed E-state index contributed by atoms with van der Waals surface area (Å²) in [6.07, 6.45) is 0. The van der Waals surface area contributed by atoms with Crippen LogP contribution in [0.25, 0.3) is 22.4 Å². The fraction of sp³-hybridized carbons (Fsp3) is 0.238. The van der Waals surface area contributed by atoms with E-state index < -0.39 is 5.97 Å². The van der Waals surface area contributed by atoms with Gasteiger partial charge in [0.15, 0.2) is 5.69 Å². The quantitative estimate of drug-likeness (QED) is 0.725. The van der Waals surface area contributed by atoms with Crippen LogP contribution in [0.3, 0.4) is 0 Å². The third-order valence-corrected chi connectivity index (χ3v) is 5.39. The van der Waals surface area contributed by atoms with Crippen LogP contribution in [0.4, 0.5) is 0 Å². The zero-order chi connectivity index (χ0) is 20.1. The Bertz CT molecular complexity index is 1080. The molecule has 0 atom stereocenters. The van der Waals surface area contributed by atoms with E-state index in [9.17, 15) is 14.7 Å². The first kappa shape index (κ1) is 17.9. The van der Waals surface area contributed by atoms with Gasteiger partial charge >= 0.3 is 5.97 Å². The van der Waals surface area contributed by atoms with Gasteiger partial charge in [0.25, 0.3) is 5.91 Å². The molecule has 7 heteroatoms. The third-order valence-electron chi connectivity index (χ3n) is 5.39. The van der Waals surface area contributed by atoms with Crippen molar-refractivity contribution < 1.29 is 14.7 Å². The summed E-state index contributed by atoms with van der Waals surface area (Å²) in [4.78, 5) is 25.7. The first-order valence-electron chi connectivity index (χ1n) is 9.06. The Morgan fingerprint density at radius 3 is 2.36 bits per heavy atom. The number of amides is 1. The minimum atomic E-state index is -1.13. The highest BCUT2D eigenvalue weighted by molar-refractivity contribution is 6.00. The Hall–Kier alpha value is -3.48. The molecule has 7 nitrogen and oxygen atoms in total. The molecule has 0 bridgehead atoms. The minimum Gasteiger partial charge on any atom is -0.476 e. The lowest BCUT2D eigenvalue weighted by Gasteiger charge is -2.31. The average molecular weight is 376 g/mol. The number of rotatable bonds is 4. The standard InChI is InChI=1S/C21H20N4O3/c1-4-25-19(26)15-10-9-14(11-16(15)21(25,2)3)12-5-7-13(8-6-12)17-18(20(27)28)23-24-22-17/h5-11H,4H2,1-3H3,(H,27,28)(H,22,23,24). The number of aromatic carboxylic acids is 1. The van der Waals surface area contributed by atoms with E-state index in [4.69, 9.17) is 0 Å². The Kier molecular flexibility index (Phi) is 4.03. The number of nitrogens with one attached hydrogen (secondary N) is 1. The van der Waals surface area contributed by atoms with Crippen LogP contribution in [0, 0.1) is 0 Å². The number of carboxylic acids is 1. The van der Waals surface area contributed by atoms with Crippen molar-refractivity contribution in [2.45, 2.75) is 26.3 Å². The first-order valence-corrected chi connectivity index (χ1v) is 9.06. The van der Waals surface area contributed by atoms with Gasteiger partial charge in [-0.05, 0) is 49.6 Å². The van der Waals surface area contributed by atoms with Gasteiger partial charge in [-0.1, -0.05) is 30.3 Å². The number of carbonyl (C=O) groups is 2. The van der Waals surface area contributed by atoms with Crippen LogP contribution in [0.5, 0.6) is 0 Å². The number of aromatic nitrogens is 3. The van der Waals surface area contributed by atoms with Gasteiger partial charge < -0.3 is 10.0 Å². The van der Waals surface area contributed by atoms with E-state index in [1.807, 2.05) is 48.2 Å². The van der Waals surface area contributed by atoms with Crippen molar-refractivity contribution in [2.75, 3.05) is 6.54 Å². The number of H-pyrrole nitrogens is 1. The van der Waals surface area contributed by atoms with Gasteiger partial charge in [-0.15, -0.1) is 5.10 Å². The van der Waals surface area contributed by atoms with E-state index in [0.29, 0.717) is 17.8 Å². The molecule has 2 heterocycles. The molecule has 0 saturated carbocycles. The molecule has 142 valence electrons. The number of hydrogen-bond acceptors (Lipinski definition) is 4. The number of fused-ring (bicyclic) bond motifs is 1. The van der Waals surface area contributed by atoms with Gasteiger partial charge in [-0.2, -0.15) is 10.3 Å². The van der Waals surface area contributed by atoms with Crippen molar-refractivity contribution in [1.82, 2.24) is 20.3 Å². The van der Waals surface area contributed by atoms with Crippen molar-refractivity contribution in [2.24, 2.45) is 0 Å². The highest BCUT2D eigenvalue weighted by Gasteiger charge is 2.41. The monoisotopic (exact) mass is 376 g/mol. The fourth-order valence-electron chi connectivity index (χ4n) is 3.90. The summed E-state index contributed by atoms with van der Waals surface area (Å²) in [5.74, 6) is -1.06. The van der Waals surface area contributed by atoms with E-state index in [2.05, 4.69) is 35.3 Å². The van der Waals surface area contributed by atoms with Crippen molar-refractivity contribution in [3.8, 4) is 22.4 Å². The van der Waals surface area contributed by atoms with E-state index in [-0.39, 0.29) is 17.1 Å². The lowest BCUT2D eigenvalue weighted by Crippen LogP contribution is -2.38. The average Bonchev–Trinajstić information content (AvgIpc) is 3.24. The molecule has 2 N–H and O–H groups in total. The van der Waals surface area contributed by atoms with E-state index in [1.54, 1.807) is 0 Å². The van der Waals surface area contributed by atoms with Gasteiger partial charge in [-0.25, -0.2) is 4.79 Å². The molecule has 0 spiro atoms. The van der Waals surface area contributed by atoms with Gasteiger partial charge in [0, 0.05) is 17.7 Å². The van der Waals surface area contributed by atoms with Crippen molar-refractivity contribution in [3.05, 3.63) is 59.3 Å². The number of hydrogen-bond donors (Lipinski definition) is 2. The number of carboxylic acid groups (broad SMARTS) is 1. The maximum Gasteiger partial charge on any atom is 0.358 e. The lowest BCUT2D eigenvalue weighted by molar-refractivity contribution is 0.0633. The highest BCUT2D eigenvalue weighted by Crippen LogP contribution is 2.40.